The molecule has 3 heterocycles. The summed E-state index contributed by atoms with van der Waals surface area (Å²) in [6, 6.07) is 9.41. The van der Waals surface area contributed by atoms with Gasteiger partial charge in [-0.2, -0.15) is 28.1 Å². The molecule has 1 saturated heterocycles. The van der Waals surface area contributed by atoms with E-state index in [0.717, 1.165) is 28.4 Å². The molecule has 0 unspecified atom stereocenters. The molecular formula is C28H29F3N8OS. The maximum absolute atomic E-state index is 13.1. The Bertz CT molecular complexity index is 1560. The largest absolute Gasteiger partial charge is 0.416 e. The number of thiazole rings is 1. The molecule has 1 fully saturated rings. The van der Waals surface area contributed by atoms with Crippen LogP contribution in [0.1, 0.15) is 37.7 Å². The van der Waals surface area contributed by atoms with E-state index in [0.29, 0.717) is 59.6 Å². The van der Waals surface area contributed by atoms with Crippen LogP contribution in [0.25, 0.3) is 0 Å². The number of carbonyl (C=O) groups excluding carboxylic acids is 1. The predicted molar refractivity (Wildman–Crippen MR) is 154 cm³/mol. The van der Waals surface area contributed by atoms with Crippen LogP contribution in [0.2, 0.25) is 0 Å². The summed E-state index contributed by atoms with van der Waals surface area (Å²) in [5.41, 5.74) is 3.76. The Morgan fingerprint density at radius 2 is 1.61 bits per heavy atom. The molecule has 2 aromatic carbocycles. The van der Waals surface area contributed by atoms with Gasteiger partial charge in [0.1, 0.15) is 10.7 Å². The number of alkyl halides is 3. The summed E-state index contributed by atoms with van der Waals surface area (Å²) in [6.07, 6.45) is -2.88. The van der Waals surface area contributed by atoms with Gasteiger partial charge in [-0.05, 0) is 57.0 Å². The fraction of sp³-hybridized carbons (Fsp3) is 0.321. The summed E-state index contributed by atoms with van der Waals surface area (Å²) in [6.45, 7) is 9.77. The summed E-state index contributed by atoms with van der Waals surface area (Å²) in [7, 11) is 0. The van der Waals surface area contributed by atoms with Crippen LogP contribution in [0.3, 0.4) is 0 Å². The third kappa shape index (κ3) is 6.56. The first-order chi connectivity index (χ1) is 19.5. The van der Waals surface area contributed by atoms with Gasteiger partial charge in [0.2, 0.25) is 11.9 Å². The normalized spacial score (nSPS) is 13.8. The first-order valence-electron chi connectivity index (χ1n) is 13.0. The van der Waals surface area contributed by atoms with Crippen LogP contribution in [0, 0.1) is 27.7 Å². The van der Waals surface area contributed by atoms with Gasteiger partial charge in [-0.3, -0.25) is 10.1 Å². The van der Waals surface area contributed by atoms with E-state index in [9.17, 15) is 18.0 Å². The molecule has 2 N–H and O–H groups in total. The molecule has 5 rings (SSSR count). The van der Waals surface area contributed by atoms with E-state index in [1.54, 1.807) is 13.0 Å². The molecule has 0 atom stereocenters. The summed E-state index contributed by atoms with van der Waals surface area (Å²) >= 11 is 1.18. The Morgan fingerprint density at radius 1 is 0.927 bits per heavy atom. The number of piperazine rings is 1. The lowest BCUT2D eigenvalue weighted by molar-refractivity contribution is -0.137. The molecule has 13 heteroatoms. The zero-order valence-electron chi connectivity index (χ0n) is 23.0. The number of aryl methyl sites for hydroxylation is 4. The minimum absolute atomic E-state index is 0.253. The number of nitrogens with zero attached hydrogens (tertiary/aromatic N) is 6. The molecular weight excluding hydrogens is 553 g/mol. The number of aromatic nitrogens is 4. The highest BCUT2D eigenvalue weighted by molar-refractivity contribution is 7.17. The molecule has 0 saturated carbocycles. The maximum atomic E-state index is 13.1. The molecule has 2 aromatic heterocycles. The van der Waals surface area contributed by atoms with E-state index in [1.165, 1.54) is 29.7 Å². The molecule has 9 nitrogen and oxygen atoms in total. The second-order valence-corrected chi connectivity index (χ2v) is 10.9. The quantitative estimate of drug-likeness (QED) is 0.290. The summed E-state index contributed by atoms with van der Waals surface area (Å²) < 4.78 is 39.4. The number of nitrogens with one attached hydrogen (secondary N) is 2. The van der Waals surface area contributed by atoms with Crippen molar-refractivity contribution in [2.24, 2.45) is 0 Å². The third-order valence-electron chi connectivity index (χ3n) is 6.70. The topological polar surface area (TPSA) is 99.2 Å². The second-order valence-electron chi connectivity index (χ2n) is 9.91. The highest BCUT2D eigenvalue weighted by atomic mass is 32.1. The predicted octanol–water partition coefficient (Wildman–Crippen LogP) is 5.90. The molecule has 0 spiro atoms. The van der Waals surface area contributed by atoms with Crippen LogP contribution in [-0.2, 0) is 6.18 Å². The Kier molecular flexibility index (Phi) is 7.80. The molecule has 1 aliphatic rings. The average Bonchev–Trinajstić information content (AvgIpc) is 3.38. The molecule has 4 aromatic rings. The van der Waals surface area contributed by atoms with Crippen molar-refractivity contribution >= 4 is 45.6 Å². The summed E-state index contributed by atoms with van der Waals surface area (Å²) in [5.74, 6) is 0.997. The van der Waals surface area contributed by atoms with E-state index in [4.69, 9.17) is 0 Å². The van der Waals surface area contributed by atoms with Crippen molar-refractivity contribution in [1.29, 1.82) is 0 Å². The average molecular weight is 583 g/mol. The van der Waals surface area contributed by atoms with Crippen LogP contribution >= 0.6 is 11.3 Å². The number of benzene rings is 2. The van der Waals surface area contributed by atoms with Crippen molar-refractivity contribution in [2.45, 2.75) is 33.9 Å². The highest BCUT2D eigenvalue weighted by Gasteiger charge is 2.31. The molecule has 0 bridgehead atoms. The molecule has 1 aliphatic heterocycles. The van der Waals surface area contributed by atoms with Crippen LogP contribution in [0.4, 0.5) is 41.6 Å². The molecule has 214 valence electrons. The summed E-state index contributed by atoms with van der Waals surface area (Å²) in [5, 5.41) is 6.51. The molecule has 1 amide bonds. The van der Waals surface area contributed by atoms with Gasteiger partial charge in [-0.1, -0.05) is 35.1 Å². The van der Waals surface area contributed by atoms with Crippen LogP contribution in [0.5, 0.6) is 0 Å². The van der Waals surface area contributed by atoms with Gasteiger partial charge in [0.05, 0.1) is 11.8 Å². The van der Waals surface area contributed by atoms with E-state index in [-0.39, 0.29) is 5.91 Å². The van der Waals surface area contributed by atoms with Crippen molar-refractivity contribution < 1.29 is 18.0 Å². The SMILES string of the molecule is Cc1cc(C)c(NC(=O)c2cnc(Nc3nc(C)nc(N4CCN(c5cccc(C(F)(F)F)c5)CC4)n3)s2)c(C)c1. The first kappa shape index (κ1) is 28.3. The highest BCUT2D eigenvalue weighted by Crippen LogP contribution is 2.32. The zero-order chi connectivity index (χ0) is 29.3. The Hall–Kier alpha value is -4.26. The maximum Gasteiger partial charge on any atom is 0.416 e. The van der Waals surface area contributed by atoms with Crippen molar-refractivity contribution in [1.82, 2.24) is 19.9 Å². The van der Waals surface area contributed by atoms with Crippen molar-refractivity contribution in [3.05, 3.63) is 75.6 Å². The van der Waals surface area contributed by atoms with E-state index in [2.05, 4.69) is 30.6 Å². The van der Waals surface area contributed by atoms with E-state index >= 15 is 0 Å². The lowest BCUT2D eigenvalue weighted by atomic mass is 10.1. The van der Waals surface area contributed by atoms with Gasteiger partial charge in [0.25, 0.3) is 5.91 Å². The Balaban J connectivity index is 1.24. The Labute approximate surface area is 239 Å². The number of amides is 1. The van der Waals surface area contributed by atoms with Gasteiger partial charge in [-0.15, -0.1) is 0 Å². The van der Waals surface area contributed by atoms with Gasteiger partial charge in [0.15, 0.2) is 5.13 Å². The van der Waals surface area contributed by atoms with Crippen LogP contribution in [0.15, 0.2) is 42.6 Å². The fourth-order valence-electron chi connectivity index (χ4n) is 4.79. The minimum Gasteiger partial charge on any atom is -0.368 e. The smallest absolute Gasteiger partial charge is 0.368 e. The van der Waals surface area contributed by atoms with Gasteiger partial charge in [0, 0.05) is 37.6 Å². The number of carbonyl (C=O) groups is 1. The van der Waals surface area contributed by atoms with Crippen molar-refractivity contribution in [3.63, 3.8) is 0 Å². The molecule has 0 aliphatic carbocycles. The lowest BCUT2D eigenvalue weighted by Gasteiger charge is -2.36. The van der Waals surface area contributed by atoms with Gasteiger partial charge < -0.3 is 15.1 Å². The lowest BCUT2D eigenvalue weighted by Crippen LogP contribution is -2.47. The summed E-state index contributed by atoms with van der Waals surface area (Å²) in [4.78, 5) is 34.9. The van der Waals surface area contributed by atoms with Crippen molar-refractivity contribution in [3.8, 4) is 0 Å². The number of hydrogen-bond donors (Lipinski definition) is 2. The monoisotopic (exact) mass is 582 g/mol. The number of hydrogen-bond acceptors (Lipinski definition) is 9. The standard InChI is InChI=1S/C28H29F3N8OS/c1-16-12-17(2)23(18(3)13-16)35-24(40)22-15-32-27(41-22)37-25-33-19(4)34-26(36-25)39-10-8-38(9-11-39)21-7-5-6-20(14-21)28(29,30)31/h5-7,12-15H,8-11H2,1-4H3,(H,35,40)(H,32,33,34,36,37). The van der Waals surface area contributed by atoms with E-state index < -0.39 is 11.7 Å². The van der Waals surface area contributed by atoms with Crippen molar-refractivity contribution in [2.75, 3.05) is 46.6 Å². The molecule has 41 heavy (non-hydrogen) atoms. The zero-order valence-corrected chi connectivity index (χ0v) is 23.8. The number of anilines is 5. The molecule has 0 radical (unpaired) electrons. The Morgan fingerprint density at radius 3 is 2.29 bits per heavy atom. The second kappa shape index (κ2) is 11.3. The van der Waals surface area contributed by atoms with Crippen LogP contribution < -0.4 is 20.4 Å². The van der Waals surface area contributed by atoms with Crippen LogP contribution in [-0.4, -0.2) is 52.0 Å². The third-order valence-corrected chi connectivity index (χ3v) is 7.61. The van der Waals surface area contributed by atoms with E-state index in [1.807, 2.05) is 42.7 Å². The number of rotatable bonds is 6. The van der Waals surface area contributed by atoms with Gasteiger partial charge in [-0.25, -0.2) is 4.98 Å². The number of halogens is 3. The first-order valence-corrected chi connectivity index (χ1v) is 13.8. The minimum atomic E-state index is -4.38. The fourth-order valence-corrected chi connectivity index (χ4v) is 5.50. The van der Waals surface area contributed by atoms with Gasteiger partial charge >= 0.3 is 6.18 Å².